The monoisotopic (exact) mass is 408 g/mol. The number of carbonyl (C=O) groups is 1. The van der Waals surface area contributed by atoms with Gasteiger partial charge in [-0.25, -0.2) is 0 Å². The minimum absolute atomic E-state index is 0.204. The third-order valence-electron chi connectivity index (χ3n) is 4.98. The molecule has 28 heavy (non-hydrogen) atoms. The molecule has 0 aliphatic carbocycles. The third kappa shape index (κ3) is 5.02. The summed E-state index contributed by atoms with van der Waals surface area (Å²) in [5.74, 6) is -1.42. The molecular weight excluding hydrogens is 386 g/mol. The van der Waals surface area contributed by atoms with E-state index in [-0.39, 0.29) is 11.1 Å². The molecule has 2 rings (SSSR count). The van der Waals surface area contributed by atoms with Crippen molar-refractivity contribution in [2.75, 3.05) is 0 Å². The number of alkyl halides is 5. The molecule has 1 aromatic rings. The van der Waals surface area contributed by atoms with Crippen molar-refractivity contribution in [1.29, 1.82) is 0 Å². The Morgan fingerprint density at radius 1 is 1.14 bits per heavy atom. The van der Waals surface area contributed by atoms with Crippen LogP contribution in [0.2, 0.25) is 0 Å². The maximum absolute atomic E-state index is 12.8. The van der Waals surface area contributed by atoms with Gasteiger partial charge in [0.15, 0.2) is 5.78 Å². The maximum atomic E-state index is 12.8. The van der Waals surface area contributed by atoms with Gasteiger partial charge in [-0.2, -0.15) is 22.0 Å². The fraction of sp³-hybridized carbons (Fsp3) is 0.611. The maximum Gasteiger partial charge on any atom is 0.494 e. The smallest absolute Gasteiger partial charge is 0.434 e. The van der Waals surface area contributed by atoms with Crippen LogP contribution in [0.5, 0.6) is 5.75 Å². The second-order valence-corrected chi connectivity index (χ2v) is 7.72. The van der Waals surface area contributed by atoms with Crippen molar-refractivity contribution in [2.24, 2.45) is 0 Å². The lowest BCUT2D eigenvalue weighted by atomic mass is 9.77. The van der Waals surface area contributed by atoms with Gasteiger partial charge in [0.2, 0.25) is 0 Å². The van der Waals surface area contributed by atoms with Gasteiger partial charge in [0, 0.05) is 6.42 Å². The second kappa shape index (κ2) is 7.63. The van der Waals surface area contributed by atoms with E-state index >= 15 is 0 Å². The number of carbonyl (C=O) groups excluding carboxylic acids is 1. The van der Waals surface area contributed by atoms with Crippen LogP contribution in [0, 0.1) is 6.92 Å². The Hall–Kier alpha value is -1.68. The summed E-state index contributed by atoms with van der Waals surface area (Å²) in [7, 11) is -0.900. The summed E-state index contributed by atoms with van der Waals surface area (Å²) >= 11 is 0. The van der Waals surface area contributed by atoms with Crippen molar-refractivity contribution in [3.8, 4) is 5.75 Å². The van der Waals surface area contributed by atoms with E-state index in [0.29, 0.717) is 5.46 Å². The van der Waals surface area contributed by atoms with Crippen molar-refractivity contribution in [1.82, 2.24) is 0 Å². The Bertz CT molecular complexity index is 730. The zero-order valence-electron chi connectivity index (χ0n) is 16.2. The predicted octanol–water partition coefficient (Wildman–Crippen LogP) is 4.42. The second-order valence-electron chi connectivity index (χ2n) is 7.72. The minimum Gasteiger partial charge on any atom is -0.434 e. The Morgan fingerprint density at radius 3 is 2.14 bits per heavy atom. The number of Topliss-reactive ketones (excluding diaryl/α,β-unsaturated/α-hetero) is 1. The number of benzene rings is 1. The predicted molar refractivity (Wildman–Crippen MR) is 93.1 cm³/mol. The average Bonchev–Trinajstić information content (AvgIpc) is 2.71. The fourth-order valence-electron chi connectivity index (χ4n) is 2.82. The van der Waals surface area contributed by atoms with Gasteiger partial charge in [-0.3, -0.25) is 4.79 Å². The van der Waals surface area contributed by atoms with Crippen LogP contribution >= 0.6 is 0 Å². The number of halogens is 5. The summed E-state index contributed by atoms with van der Waals surface area (Å²) < 4.78 is 79.1. The molecule has 1 saturated heterocycles. The molecule has 0 saturated carbocycles. The lowest BCUT2D eigenvalue weighted by Gasteiger charge is -2.32. The first kappa shape index (κ1) is 22.6. The van der Waals surface area contributed by atoms with Crippen LogP contribution in [-0.4, -0.2) is 36.9 Å². The molecule has 0 unspecified atom stereocenters. The quantitative estimate of drug-likeness (QED) is 0.397. The first-order valence-electron chi connectivity index (χ1n) is 8.68. The molecule has 1 aliphatic rings. The highest BCUT2D eigenvalue weighted by Crippen LogP contribution is 2.37. The molecule has 0 bridgehead atoms. The SMILES string of the molecule is Cc1cc(B2OC(C)(C)C(C)(C)O2)cc(OC(F)F)c1C(=O)CCC(F)(F)F. The topological polar surface area (TPSA) is 44.8 Å². The van der Waals surface area contributed by atoms with Crippen molar-refractivity contribution >= 4 is 18.4 Å². The van der Waals surface area contributed by atoms with Crippen molar-refractivity contribution in [3.63, 3.8) is 0 Å². The van der Waals surface area contributed by atoms with Crippen LogP contribution in [-0.2, 0) is 9.31 Å². The standard InChI is InChI=1S/C18H22BF5O4/c1-10-8-11(19-27-16(2,3)17(4,5)28-19)9-13(26-15(20)21)14(10)12(25)6-7-18(22,23)24/h8-9,15H,6-7H2,1-5H3. The zero-order chi connectivity index (χ0) is 21.5. The first-order valence-corrected chi connectivity index (χ1v) is 8.68. The Kier molecular flexibility index (Phi) is 6.16. The highest BCUT2D eigenvalue weighted by molar-refractivity contribution is 6.62. The van der Waals surface area contributed by atoms with Crippen molar-refractivity contribution < 1.29 is 40.8 Å². The molecular formula is C18H22BF5O4. The number of ether oxygens (including phenoxy) is 1. The Balaban J connectivity index is 2.40. The first-order chi connectivity index (χ1) is 12.6. The minimum atomic E-state index is -4.53. The molecule has 0 amide bonds. The lowest BCUT2D eigenvalue weighted by Crippen LogP contribution is -2.41. The number of hydrogen-bond acceptors (Lipinski definition) is 4. The number of ketones is 1. The fourth-order valence-corrected chi connectivity index (χ4v) is 2.82. The lowest BCUT2D eigenvalue weighted by molar-refractivity contribution is -0.133. The summed E-state index contributed by atoms with van der Waals surface area (Å²) in [5.41, 5.74) is -1.13. The third-order valence-corrected chi connectivity index (χ3v) is 4.98. The van der Waals surface area contributed by atoms with E-state index in [4.69, 9.17) is 9.31 Å². The number of hydrogen-bond donors (Lipinski definition) is 0. The molecule has 0 aromatic heterocycles. The highest BCUT2D eigenvalue weighted by Gasteiger charge is 2.52. The highest BCUT2D eigenvalue weighted by atomic mass is 19.4. The molecule has 156 valence electrons. The van der Waals surface area contributed by atoms with Crippen molar-refractivity contribution in [3.05, 3.63) is 23.3 Å². The van der Waals surface area contributed by atoms with Crippen LogP contribution in [0.25, 0.3) is 0 Å². The molecule has 0 atom stereocenters. The molecule has 0 radical (unpaired) electrons. The molecule has 1 aromatic carbocycles. The van der Waals surface area contributed by atoms with Crippen LogP contribution in [0.1, 0.15) is 56.5 Å². The molecule has 1 aliphatic heterocycles. The van der Waals surface area contributed by atoms with E-state index in [1.54, 1.807) is 0 Å². The average molecular weight is 408 g/mol. The van der Waals surface area contributed by atoms with Gasteiger partial charge in [-0.05, 0) is 51.7 Å². The van der Waals surface area contributed by atoms with Gasteiger partial charge in [0.25, 0.3) is 0 Å². The van der Waals surface area contributed by atoms with Crippen LogP contribution < -0.4 is 10.2 Å². The molecule has 0 spiro atoms. The van der Waals surface area contributed by atoms with E-state index in [9.17, 15) is 26.7 Å². The summed E-state index contributed by atoms with van der Waals surface area (Å²) in [6, 6.07) is 2.63. The number of rotatable bonds is 6. The molecule has 1 heterocycles. The molecule has 10 heteroatoms. The van der Waals surface area contributed by atoms with Crippen LogP contribution in [0.4, 0.5) is 22.0 Å². The Labute approximate surface area is 160 Å². The summed E-state index contributed by atoms with van der Waals surface area (Å²) in [6.45, 7) is 5.43. The van der Waals surface area contributed by atoms with Gasteiger partial charge in [0.05, 0.1) is 23.2 Å². The van der Waals surface area contributed by atoms with Gasteiger partial charge < -0.3 is 14.0 Å². The summed E-state index contributed by atoms with van der Waals surface area (Å²) in [4.78, 5) is 12.3. The van der Waals surface area contributed by atoms with Crippen LogP contribution in [0.15, 0.2) is 12.1 Å². The normalized spacial score (nSPS) is 18.6. The van der Waals surface area contributed by atoms with Gasteiger partial charge in [-0.1, -0.05) is 6.07 Å². The van der Waals surface area contributed by atoms with Crippen molar-refractivity contribution in [2.45, 2.75) is 71.5 Å². The zero-order valence-corrected chi connectivity index (χ0v) is 16.2. The summed E-state index contributed by atoms with van der Waals surface area (Å²) in [6.07, 6.45) is -6.74. The van der Waals surface area contributed by atoms with E-state index in [2.05, 4.69) is 4.74 Å². The largest absolute Gasteiger partial charge is 0.494 e. The van der Waals surface area contributed by atoms with E-state index in [0.717, 1.165) is 6.07 Å². The van der Waals surface area contributed by atoms with E-state index < -0.39 is 55.5 Å². The van der Waals surface area contributed by atoms with E-state index in [1.165, 1.54) is 13.0 Å². The Morgan fingerprint density at radius 2 is 1.68 bits per heavy atom. The van der Waals surface area contributed by atoms with Crippen LogP contribution in [0.3, 0.4) is 0 Å². The molecule has 1 fully saturated rings. The van der Waals surface area contributed by atoms with Gasteiger partial charge in [-0.15, -0.1) is 0 Å². The number of aryl methyl sites for hydroxylation is 1. The van der Waals surface area contributed by atoms with Gasteiger partial charge in [0.1, 0.15) is 5.75 Å². The van der Waals surface area contributed by atoms with E-state index in [1.807, 2.05) is 27.7 Å². The van der Waals surface area contributed by atoms with Gasteiger partial charge >= 0.3 is 19.9 Å². The summed E-state index contributed by atoms with van der Waals surface area (Å²) in [5, 5.41) is 0. The molecule has 0 N–H and O–H groups in total. The molecule has 4 nitrogen and oxygen atoms in total.